The van der Waals surface area contributed by atoms with Crippen molar-refractivity contribution in [3.63, 3.8) is 0 Å². The van der Waals surface area contributed by atoms with E-state index in [1.807, 2.05) is 31.2 Å². The molecule has 2 amide bonds. The molecule has 0 bridgehead atoms. The summed E-state index contributed by atoms with van der Waals surface area (Å²) in [5, 5.41) is 5.61. The van der Waals surface area contributed by atoms with Gasteiger partial charge in [-0.25, -0.2) is 0 Å². The van der Waals surface area contributed by atoms with E-state index in [-0.39, 0.29) is 11.8 Å². The number of rotatable bonds is 6. The fourth-order valence-corrected chi connectivity index (χ4v) is 2.21. The van der Waals surface area contributed by atoms with Crippen molar-refractivity contribution in [2.24, 2.45) is 5.41 Å². The number of nitrogens with one attached hydrogen (secondary N) is 2. The van der Waals surface area contributed by atoms with Crippen molar-refractivity contribution < 1.29 is 9.59 Å². The maximum atomic E-state index is 12.4. The summed E-state index contributed by atoms with van der Waals surface area (Å²) in [6.45, 7) is 5.98. The number of hydrogen-bond acceptors (Lipinski definition) is 2. The van der Waals surface area contributed by atoms with Gasteiger partial charge in [0, 0.05) is 12.2 Å². The molecule has 0 aliphatic heterocycles. The van der Waals surface area contributed by atoms with Crippen LogP contribution in [0.5, 0.6) is 0 Å². The second kappa shape index (κ2) is 5.90. The topological polar surface area (TPSA) is 58.2 Å². The lowest BCUT2D eigenvalue weighted by atomic mass is 10.0. The first-order valence-corrected chi connectivity index (χ1v) is 6.92. The third-order valence-corrected chi connectivity index (χ3v) is 3.67. The van der Waals surface area contributed by atoms with Crippen molar-refractivity contribution in [2.75, 3.05) is 11.9 Å². The van der Waals surface area contributed by atoms with Crippen molar-refractivity contribution in [3.8, 4) is 0 Å². The van der Waals surface area contributed by atoms with E-state index in [1.54, 1.807) is 6.08 Å². The monoisotopic (exact) mass is 272 g/mol. The number of aryl methyl sites for hydroxylation is 1. The molecule has 0 atom stereocenters. The largest absolute Gasteiger partial charge is 0.352 e. The maximum absolute atomic E-state index is 12.4. The summed E-state index contributed by atoms with van der Waals surface area (Å²) in [5.41, 5.74) is 0.982. The van der Waals surface area contributed by atoms with Crippen molar-refractivity contribution in [3.05, 3.63) is 42.5 Å². The molecule has 0 aromatic heterocycles. The lowest BCUT2D eigenvalue weighted by Crippen LogP contribution is -2.40. The summed E-state index contributed by atoms with van der Waals surface area (Å²) >= 11 is 0. The van der Waals surface area contributed by atoms with Crippen LogP contribution in [0.2, 0.25) is 0 Å². The standard InChI is InChI=1S/C16H20N2O2/c1-3-11-17-14(19)16(9-10-16)15(20)18-13-8-6-5-7-12(13)4-2/h3,5-8H,1,4,9-11H2,2H3,(H,17,19)(H,18,20). The van der Waals surface area contributed by atoms with Crippen LogP contribution in [0, 0.1) is 5.41 Å². The van der Waals surface area contributed by atoms with Gasteiger partial charge in [-0.2, -0.15) is 0 Å². The highest BCUT2D eigenvalue weighted by Gasteiger charge is 2.56. The summed E-state index contributed by atoms with van der Waals surface area (Å²) in [5.74, 6) is -0.413. The number of hydrogen-bond donors (Lipinski definition) is 2. The first kappa shape index (κ1) is 14.3. The molecule has 0 saturated heterocycles. The number of anilines is 1. The van der Waals surface area contributed by atoms with Crippen LogP contribution < -0.4 is 10.6 Å². The smallest absolute Gasteiger partial charge is 0.240 e. The highest BCUT2D eigenvalue weighted by Crippen LogP contribution is 2.46. The van der Waals surface area contributed by atoms with Gasteiger partial charge in [-0.1, -0.05) is 31.2 Å². The van der Waals surface area contributed by atoms with Crippen LogP contribution in [0.3, 0.4) is 0 Å². The predicted octanol–water partition coefficient (Wildman–Crippen LogP) is 2.27. The zero-order valence-corrected chi connectivity index (χ0v) is 11.7. The predicted molar refractivity (Wildman–Crippen MR) is 79.3 cm³/mol. The molecular formula is C16H20N2O2. The Bertz CT molecular complexity index is 533. The van der Waals surface area contributed by atoms with Crippen LogP contribution in [0.4, 0.5) is 5.69 Å². The highest BCUT2D eigenvalue weighted by molar-refractivity contribution is 6.13. The molecule has 4 nitrogen and oxygen atoms in total. The van der Waals surface area contributed by atoms with Gasteiger partial charge in [0.15, 0.2) is 0 Å². The van der Waals surface area contributed by atoms with Gasteiger partial charge in [-0.05, 0) is 30.9 Å². The van der Waals surface area contributed by atoms with Gasteiger partial charge < -0.3 is 10.6 Å². The van der Waals surface area contributed by atoms with Gasteiger partial charge in [0.2, 0.25) is 11.8 Å². The molecule has 106 valence electrons. The Kier molecular flexibility index (Phi) is 4.23. The summed E-state index contributed by atoms with van der Waals surface area (Å²) < 4.78 is 0. The van der Waals surface area contributed by atoms with Crippen molar-refractivity contribution in [1.82, 2.24) is 5.32 Å². The molecule has 1 aliphatic rings. The van der Waals surface area contributed by atoms with Crippen LogP contribution >= 0.6 is 0 Å². The minimum atomic E-state index is -0.885. The molecule has 4 heteroatoms. The van der Waals surface area contributed by atoms with Crippen LogP contribution in [-0.2, 0) is 16.0 Å². The number of benzene rings is 1. The summed E-state index contributed by atoms with van der Waals surface area (Å²) in [4.78, 5) is 24.4. The SMILES string of the molecule is C=CCNC(=O)C1(C(=O)Nc2ccccc2CC)CC1. The van der Waals surface area contributed by atoms with Gasteiger partial charge in [0.05, 0.1) is 0 Å². The van der Waals surface area contributed by atoms with Crippen molar-refractivity contribution >= 4 is 17.5 Å². The minimum Gasteiger partial charge on any atom is -0.352 e. The van der Waals surface area contributed by atoms with E-state index >= 15 is 0 Å². The normalized spacial score (nSPS) is 15.2. The Morgan fingerprint density at radius 1 is 1.30 bits per heavy atom. The Labute approximate surface area is 119 Å². The highest BCUT2D eigenvalue weighted by atomic mass is 16.2. The molecular weight excluding hydrogens is 252 g/mol. The van der Waals surface area contributed by atoms with Gasteiger partial charge in [0.25, 0.3) is 0 Å². The molecule has 2 rings (SSSR count). The maximum Gasteiger partial charge on any atom is 0.240 e. The van der Waals surface area contributed by atoms with Gasteiger partial charge >= 0.3 is 0 Å². The zero-order chi connectivity index (χ0) is 14.6. The zero-order valence-electron chi connectivity index (χ0n) is 11.7. The fraction of sp³-hybridized carbons (Fsp3) is 0.375. The molecule has 2 N–H and O–H groups in total. The Hall–Kier alpha value is -2.10. The van der Waals surface area contributed by atoms with Gasteiger partial charge in [-0.3, -0.25) is 9.59 Å². The molecule has 0 heterocycles. The number of para-hydroxylation sites is 1. The van der Waals surface area contributed by atoms with E-state index in [0.29, 0.717) is 19.4 Å². The second-order valence-electron chi connectivity index (χ2n) is 5.05. The van der Waals surface area contributed by atoms with Crippen LogP contribution in [-0.4, -0.2) is 18.4 Å². The van der Waals surface area contributed by atoms with E-state index in [1.165, 1.54) is 0 Å². The number of amides is 2. The second-order valence-corrected chi connectivity index (χ2v) is 5.05. The average molecular weight is 272 g/mol. The molecule has 0 spiro atoms. The van der Waals surface area contributed by atoms with E-state index in [4.69, 9.17) is 0 Å². The number of carbonyl (C=O) groups excluding carboxylic acids is 2. The summed E-state index contributed by atoms with van der Waals surface area (Å²) in [6.07, 6.45) is 3.66. The summed E-state index contributed by atoms with van der Waals surface area (Å²) in [7, 11) is 0. The van der Waals surface area contributed by atoms with Crippen LogP contribution in [0.1, 0.15) is 25.3 Å². The molecule has 1 aliphatic carbocycles. The number of carbonyl (C=O) groups is 2. The third-order valence-electron chi connectivity index (χ3n) is 3.67. The fourth-order valence-electron chi connectivity index (χ4n) is 2.21. The third kappa shape index (κ3) is 2.74. The molecule has 1 aromatic rings. The summed E-state index contributed by atoms with van der Waals surface area (Å²) in [6, 6.07) is 7.67. The van der Waals surface area contributed by atoms with Crippen molar-refractivity contribution in [1.29, 1.82) is 0 Å². The van der Waals surface area contributed by atoms with Crippen LogP contribution in [0.15, 0.2) is 36.9 Å². The minimum absolute atomic E-state index is 0.205. The molecule has 0 unspecified atom stereocenters. The van der Waals surface area contributed by atoms with Crippen LogP contribution in [0.25, 0.3) is 0 Å². The van der Waals surface area contributed by atoms with E-state index in [0.717, 1.165) is 17.7 Å². The Morgan fingerprint density at radius 2 is 2.00 bits per heavy atom. The Balaban J connectivity index is 2.08. The average Bonchev–Trinajstić information content (AvgIpc) is 3.27. The van der Waals surface area contributed by atoms with Gasteiger partial charge in [-0.15, -0.1) is 6.58 Å². The lowest BCUT2D eigenvalue weighted by molar-refractivity contribution is -0.134. The van der Waals surface area contributed by atoms with E-state index in [2.05, 4.69) is 17.2 Å². The first-order chi connectivity index (χ1) is 9.64. The molecule has 0 radical (unpaired) electrons. The Morgan fingerprint density at radius 3 is 2.60 bits per heavy atom. The lowest BCUT2D eigenvalue weighted by Gasteiger charge is -2.16. The van der Waals surface area contributed by atoms with Gasteiger partial charge in [0.1, 0.15) is 5.41 Å². The van der Waals surface area contributed by atoms with E-state index in [9.17, 15) is 9.59 Å². The molecule has 20 heavy (non-hydrogen) atoms. The van der Waals surface area contributed by atoms with E-state index < -0.39 is 5.41 Å². The van der Waals surface area contributed by atoms with Crippen molar-refractivity contribution in [2.45, 2.75) is 26.2 Å². The molecule has 1 saturated carbocycles. The molecule has 1 aromatic carbocycles. The molecule has 1 fully saturated rings. The quantitative estimate of drug-likeness (QED) is 0.616. The first-order valence-electron chi connectivity index (χ1n) is 6.92.